The van der Waals surface area contributed by atoms with Gasteiger partial charge in [0, 0.05) is 6.04 Å². The van der Waals surface area contributed by atoms with Crippen LogP contribution >= 0.6 is 11.3 Å². The van der Waals surface area contributed by atoms with Crippen molar-refractivity contribution in [1.82, 2.24) is 5.32 Å². The lowest BCUT2D eigenvalue weighted by Crippen LogP contribution is -2.39. The number of carbonyl (C=O) groups excluding carboxylic acids is 2. The average Bonchev–Trinajstić information content (AvgIpc) is 3.17. The van der Waals surface area contributed by atoms with Crippen molar-refractivity contribution in [2.24, 2.45) is 5.92 Å². The Bertz CT molecular complexity index is 796. The molecule has 1 aliphatic carbocycles. The smallest absolute Gasteiger partial charge is 0.306 e. The lowest BCUT2D eigenvalue weighted by Gasteiger charge is -2.27. The number of rotatable bonds is 5. The minimum Gasteiger partial charge on any atom is -0.481 e. The van der Waals surface area contributed by atoms with E-state index in [1.807, 2.05) is 5.38 Å². The number of carbonyl (C=O) groups is 3. The van der Waals surface area contributed by atoms with Gasteiger partial charge in [0.05, 0.1) is 22.0 Å². The molecular formula is C19H20N2O4S. The van der Waals surface area contributed by atoms with Crippen molar-refractivity contribution in [2.75, 3.05) is 5.32 Å². The average molecular weight is 372 g/mol. The van der Waals surface area contributed by atoms with Gasteiger partial charge in [-0.15, -0.1) is 11.3 Å². The molecule has 0 atom stereocenters. The summed E-state index contributed by atoms with van der Waals surface area (Å²) in [7, 11) is 0. The van der Waals surface area contributed by atoms with Crippen LogP contribution in [0.4, 0.5) is 5.69 Å². The molecule has 0 radical (unpaired) electrons. The molecule has 1 fully saturated rings. The molecule has 1 aromatic heterocycles. The quantitative estimate of drug-likeness (QED) is 0.750. The Labute approximate surface area is 155 Å². The molecule has 136 valence electrons. The van der Waals surface area contributed by atoms with E-state index in [1.54, 1.807) is 36.4 Å². The molecule has 1 saturated carbocycles. The Hall–Kier alpha value is -2.67. The van der Waals surface area contributed by atoms with Crippen molar-refractivity contribution in [3.05, 3.63) is 52.2 Å². The highest BCUT2D eigenvalue weighted by Crippen LogP contribution is 2.25. The molecule has 2 aromatic rings. The van der Waals surface area contributed by atoms with Gasteiger partial charge in [-0.25, -0.2) is 0 Å². The van der Waals surface area contributed by atoms with E-state index < -0.39 is 5.97 Å². The zero-order valence-electron chi connectivity index (χ0n) is 14.1. The van der Waals surface area contributed by atoms with Crippen molar-refractivity contribution >= 4 is 34.8 Å². The van der Waals surface area contributed by atoms with Crippen LogP contribution < -0.4 is 10.6 Å². The molecule has 26 heavy (non-hydrogen) atoms. The highest BCUT2D eigenvalue weighted by Gasteiger charge is 2.27. The second-order valence-corrected chi connectivity index (χ2v) is 7.28. The summed E-state index contributed by atoms with van der Waals surface area (Å²) in [6.45, 7) is 0. The first-order valence-corrected chi connectivity index (χ1v) is 9.40. The molecule has 0 bridgehead atoms. The van der Waals surface area contributed by atoms with Gasteiger partial charge in [-0.1, -0.05) is 18.2 Å². The predicted octanol–water partition coefficient (Wildman–Crippen LogP) is 3.37. The lowest BCUT2D eigenvalue weighted by molar-refractivity contribution is -0.142. The largest absolute Gasteiger partial charge is 0.481 e. The highest BCUT2D eigenvalue weighted by molar-refractivity contribution is 7.12. The molecule has 1 aromatic carbocycles. The number of nitrogens with one attached hydrogen (secondary N) is 2. The highest BCUT2D eigenvalue weighted by atomic mass is 32.1. The molecule has 7 heteroatoms. The maximum atomic E-state index is 12.6. The first kappa shape index (κ1) is 18.1. The Morgan fingerprint density at radius 2 is 1.69 bits per heavy atom. The van der Waals surface area contributed by atoms with Crippen LogP contribution in [0.2, 0.25) is 0 Å². The Morgan fingerprint density at radius 1 is 0.962 bits per heavy atom. The van der Waals surface area contributed by atoms with E-state index in [9.17, 15) is 14.4 Å². The molecule has 0 aliphatic heterocycles. The predicted molar refractivity (Wildman–Crippen MR) is 99.6 cm³/mol. The van der Waals surface area contributed by atoms with Gasteiger partial charge in [0.1, 0.15) is 0 Å². The van der Waals surface area contributed by atoms with Gasteiger partial charge in [-0.2, -0.15) is 0 Å². The third-order valence-electron chi connectivity index (χ3n) is 4.58. The number of benzene rings is 1. The van der Waals surface area contributed by atoms with Gasteiger partial charge in [0.2, 0.25) is 0 Å². The molecule has 0 saturated heterocycles. The molecule has 0 unspecified atom stereocenters. The van der Waals surface area contributed by atoms with Crippen LogP contribution in [0.5, 0.6) is 0 Å². The van der Waals surface area contributed by atoms with Crippen molar-refractivity contribution in [3.8, 4) is 0 Å². The molecule has 3 rings (SSSR count). The summed E-state index contributed by atoms with van der Waals surface area (Å²) in [5.74, 6) is -1.59. The summed E-state index contributed by atoms with van der Waals surface area (Å²) < 4.78 is 0. The van der Waals surface area contributed by atoms with Crippen LogP contribution in [-0.4, -0.2) is 28.9 Å². The summed E-state index contributed by atoms with van der Waals surface area (Å²) in [6.07, 6.45) is 2.42. The zero-order valence-corrected chi connectivity index (χ0v) is 14.9. The van der Waals surface area contributed by atoms with E-state index in [4.69, 9.17) is 5.11 Å². The van der Waals surface area contributed by atoms with Crippen LogP contribution in [0.3, 0.4) is 0 Å². The fourth-order valence-corrected chi connectivity index (χ4v) is 3.75. The van der Waals surface area contributed by atoms with Crippen LogP contribution in [0, 0.1) is 5.92 Å². The first-order chi connectivity index (χ1) is 12.5. The summed E-state index contributed by atoms with van der Waals surface area (Å²) in [5, 5.41) is 16.6. The minimum atomic E-state index is -0.767. The number of anilines is 1. The van der Waals surface area contributed by atoms with Crippen molar-refractivity contribution in [1.29, 1.82) is 0 Å². The SMILES string of the molecule is O=C(Nc1ccccc1C(=O)NC1CCC(C(=O)O)CC1)c1cccs1. The fourth-order valence-electron chi connectivity index (χ4n) is 3.13. The van der Waals surface area contributed by atoms with Crippen LogP contribution in [0.1, 0.15) is 45.7 Å². The Kier molecular flexibility index (Phi) is 5.68. The standard InChI is InChI=1S/C19H20N2O4S/c22-17(20-13-9-7-12(8-10-13)19(24)25)14-4-1-2-5-15(14)21-18(23)16-6-3-11-26-16/h1-6,11-13H,7-10H2,(H,20,22)(H,21,23)(H,24,25). The van der Waals surface area contributed by atoms with Crippen LogP contribution in [0.15, 0.2) is 41.8 Å². The van der Waals surface area contributed by atoms with Gasteiger partial charge >= 0.3 is 5.97 Å². The lowest BCUT2D eigenvalue weighted by atomic mass is 9.86. The van der Waals surface area contributed by atoms with Gasteiger partial charge in [-0.3, -0.25) is 14.4 Å². The third-order valence-corrected chi connectivity index (χ3v) is 5.45. The molecule has 1 heterocycles. The maximum Gasteiger partial charge on any atom is 0.306 e. The number of aliphatic carboxylic acids is 1. The van der Waals surface area contributed by atoms with Crippen molar-refractivity contribution < 1.29 is 19.5 Å². The van der Waals surface area contributed by atoms with Crippen molar-refractivity contribution in [3.63, 3.8) is 0 Å². The van der Waals surface area contributed by atoms with Gasteiger partial charge in [0.25, 0.3) is 11.8 Å². The second kappa shape index (κ2) is 8.14. The van der Waals surface area contributed by atoms with Gasteiger partial charge in [0.15, 0.2) is 0 Å². The Morgan fingerprint density at radius 3 is 2.35 bits per heavy atom. The monoisotopic (exact) mass is 372 g/mol. The molecule has 2 amide bonds. The fraction of sp³-hybridized carbons (Fsp3) is 0.316. The van der Waals surface area contributed by atoms with Crippen LogP contribution in [-0.2, 0) is 4.79 Å². The molecule has 1 aliphatic rings. The molecule has 6 nitrogen and oxygen atoms in total. The minimum absolute atomic E-state index is 0.0425. The molecule has 3 N–H and O–H groups in total. The van der Waals surface area contributed by atoms with E-state index in [0.717, 1.165) is 0 Å². The van der Waals surface area contributed by atoms with Gasteiger partial charge < -0.3 is 15.7 Å². The van der Waals surface area contributed by atoms with E-state index in [2.05, 4.69) is 10.6 Å². The van der Waals surface area contributed by atoms with Crippen LogP contribution in [0.25, 0.3) is 0 Å². The third kappa shape index (κ3) is 4.29. The summed E-state index contributed by atoms with van der Waals surface area (Å²) in [5.41, 5.74) is 0.861. The topological polar surface area (TPSA) is 95.5 Å². The second-order valence-electron chi connectivity index (χ2n) is 6.34. The summed E-state index contributed by atoms with van der Waals surface area (Å²) in [6, 6.07) is 10.4. The van der Waals surface area contributed by atoms with E-state index in [0.29, 0.717) is 41.8 Å². The molecular weight excluding hydrogens is 352 g/mol. The number of carboxylic acids is 1. The summed E-state index contributed by atoms with van der Waals surface area (Å²) >= 11 is 1.33. The number of amides is 2. The summed E-state index contributed by atoms with van der Waals surface area (Å²) in [4.78, 5) is 36.5. The number of hydrogen-bond donors (Lipinski definition) is 3. The number of hydrogen-bond acceptors (Lipinski definition) is 4. The first-order valence-electron chi connectivity index (χ1n) is 8.52. The van der Waals surface area contributed by atoms with Crippen molar-refractivity contribution in [2.45, 2.75) is 31.7 Å². The van der Waals surface area contributed by atoms with E-state index in [1.165, 1.54) is 11.3 Å². The van der Waals surface area contributed by atoms with E-state index >= 15 is 0 Å². The number of para-hydroxylation sites is 1. The maximum absolute atomic E-state index is 12.6. The normalized spacial score (nSPS) is 19.5. The Balaban J connectivity index is 1.65. The van der Waals surface area contributed by atoms with E-state index in [-0.39, 0.29) is 23.8 Å². The number of thiophene rings is 1. The molecule has 0 spiro atoms. The zero-order chi connectivity index (χ0) is 18.5. The van der Waals surface area contributed by atoms with Gasteiger partial charge in [-0.05, 0) is 49.3 Å². The number of carboxylic acid groups (broad SMARTS) is 1.